The van der Waals surface area contributed by atoms with E-state index in [9.17, 15) is 0 Å². The van der Waals surface area contributed by atoms with Crippen molar-refractivity contribution in [2.75, 3.05) is 4.90 Å². The first-order valence-electron chi connectivity index (χ1n) is 19.4. The lowest BCUT2D eigenvalue weighted by Crippen LogP contribution is -2.11. The summed E-state index contributed by atoms with van der Waals surface area (Å²) in [7, 11) is 0. The van der Waals surface area contributed by atoms with E-state index in [4.69, 9.17) is 4.42 Å². The highest BCUT2D eigenvalue weighted by Crippen LogP contribution is 2.44. The maximum absolute atomic E-state index is 6.50. The van der Waals surface area contributed by atoms with Crippen LogP contribution in [0.5, 0.6) is 0 Å². The SMILES string of the molecule is c1ccc(-c2ccccc2N(c2ccc(-c3ccc4oc5c(-c6ccccc6)cccc5c4c3)cc2)c2ccc3c4ccccc4n(-c4ccccc4)c3c2)cc1. The molecule has 3 heteroatoms. The van der Waals surface area contributed by atoms with Gasteiger partial charge in [0.1, 0.15) is 11.2 Å². The first-order chi connectivity index (χ1) is 28.3. The molecule has 0 bridgehead atoms. The number of anilines is 3. The molecule has 11 rings (SSSR count). The third-order valence-corrected chi connectivity index (χ3v) is 11.2. The molecule has 0 amide bonds. The van der Waals surface area contributed by atoms with Crippen LogP contribution in [0.4, 0.5) is 17.1 Å². The van der Waals surface area contributed by atoms with E-state index in [1.807, 2.05) is 6.07 Å². The number of hydrogen-bond acceptors (Lipinski definition) is 2. The first-order valence-corrected chi connectivity index (χ1v) is 19.4. The van der Waals surface area contributed by atoms with Crippen LogP contribution < -0.4 is 4.90 Å². The topological polar surface area (TPSA) is 21.3 Å². The minimum Gasteiger partial charge on any atom is -0.455 e. The molecule has 11 aromatic rings. The van der Waals surface area contributed by atoms with E-state index in [2.05, 4.69) is 222 Å². The quantitative estimate of drug-likeness (QED) is 0.163. The Labute approximate surface area is 330 Å². The van der Waals surface area contributed by atoms with E-state index in [-0.39, 0.29) is 0 Å². The van der Waals surface area contributed by atoms with Crippen molar-refractivity contribution < 1.29 is 4.42 Å². The smallest absolute Gasteiger partial charge is 0.143 e. The van der Waals surface area contributed by atoms with Crippen molar-refractivity contribution in [2.45, 2.75) is 0 Å². The predicted molar refractivity (Wildman–Crippen MR) is 239 cm³/mol. The Bertz CT molecular complexity index is 3220. The van der Waals surface area contributed by atoms with Gasteiger partial charge in [0.2, 0.25) is 0 Å². The van der Waals surface area contributed by atoms with Crippen molar-refractivity contribution in [1.82, 2.24) is 4.57 Å². The number of hydrogen-bond donors (Lipinski definition) is 0. The van der Waals surface area contributed by atoms with Gasteiger partial charge in [0.15, 0.2) is 0 Å². The van der Waals surface area contributed by atoms with E-state index in [0.717, 1.165) is 78.0 Å². The van der Waals surface area contributed by atoms with Crippen LogP contribution in [0, 0.1) is 0 Å². The molecule has 0 atom stereocenters. The van der Waals surface area contributed by atoms with Crippen LogP contribution in [-0.4, -0.2) is 4.57 Å². The lowest BCUT2D eigenvalue weighted by molar-refractivity contribution is 0.670. The van der Waals surface area contributed by atoms with Gasteiger partial charge in [0, 0.05) is 49.7 Å². The van der Waals surface area contributed by atoms with Crippen molar-refractivity contribution in [3.05, 3.63) is 218 Å². The Kier molecular flexibility index (Phi) is 7.82. The van der Waals surface area contributed by atoms with Crippen molar-refractivity contribution in [3.8, 4) is 39.1 Å². The number of para-hydroxylation sites is 4. The van der Waals surface area contributed by atoms with Crippen LogP contribution in [0.15, 0.2) is 223 Å². The monoisotopic (exact) mass is 728 g/mol. The van der Waals surface area contributed by atoms with Gasteiger partial charge in [-0.15, -0.1) is 0 Å². The van der Waals surface area contributed by atoms with Gasteiger partial charge in [-0.3, -0.25) is 0 Å². The van der Waals surface area contributed by atoms with Gasteiger partial charge in [-0.2, -0.15) is 0 Å². The zero-order chi connectivity index (χ0) is 37.7. The van der Waals surface area contributed by atoms with Gasteiger partial charge in [-0.1, -0.05) is 158 Å². The molecule has 0 saturated heterocycles. The molecule has 0 aliphatic heterocycles. The number of furan rings is 1. The molecule has 9 aromatic carbocycles. The maximum atomic E-state index is 6.50. The van der Waals surface area contributed by atoms with Gasteiger partial charge in [-0.25, -0.2) is 0 Å². The second kappa shape index (κ2) is 13.6. The third kappa shape index (κ3) is 5.60. The molecule has 3 nitrogen and oxygen atoms in total. The Morgan fingerprint density at radius 1 is 0.351 bits per heavy atom. The summed E-state index contributed by atoms with van der Waals surface area (Å²) in [5.41, 5.74) is 15.4. The van der Waals surface area contributed by atoms with Gasteiger partial charge in [0.05, 0.1) is 16.7 Å². The highest BCUT2D eigenvalue weighted by Gasteiger charge is 2.20. The second-order valence-electron chi connectivity index (χ2n) is 14.5. The molecular weight excluding hydrogens is 693 g/mol. The second-order valence-corrected chi connectivity index (χ2v) is 14.5. The zero-order valence-corrected chi connectivity index (χ0v) is 31.1. The molecule has 268 valence electrons. The normalized spacial score (nSPS) is 11.5. The van der Waals surface area contributed by atoms with Crippen LogP contribution in [-0.2, 0) is 0 Å². The maximum Gasteiger partial charge on any atom is 0.143 e. The highest BCUT2D eigenvalue weighted by atomic mass is 16.3. The summed E-state index contributed by atoms with van der Waals surface area (Å²) in [5.74, 6) is 0. The molecule has 0 N–H and O–H groups in total. The fraction of sp³-hybridized carbons (Fsp3) is 0. The Balaban J connectivity index is 1.06. The molecule has 2 heterocycles. The third-order valence-electron chi connectivity index (χ3n) is 11.2. The van der Waals surface area contributed by atoms with E-state index >= 15 is 0 Å². The minimum atomic E-state index is 0.890. The van der Waals surface area contributed by atoms with Crippen LogP contribution in [0.3, 0.4) is 0 Å². The van der Waals surface area contributed by atoms with Crippen molar-refractivity contribution in [2.24, 2.45) is 0 Å². The summed E-state index contributed by atoms with van der Waals surface area (Å²) >= 11 is 0. The van der Waals surface area contributed by atoms with Crippen molar-refractivity contribution >= 4 is 60.8 Å². The number of benzene rings is 9. The average molecular weight is 729 g/mol. The molecule has 0 saturated carbocycles. The summed E-state index contributed by atoms with van der Waals surface area (Å²) in [6.45, 7) is 0. The van der Waals surface area contributed by atoms with Crippen LogP contribution >= 0.6 is 0 Å². The minimum absolute atomic E-state index is 0.890. The standard InChI is InChI=1S/C54H36N2O/c1-4-15-38(16-5-1)44-21-10-12-25-50(44)55(43-32-33-47-46-22-11-13-26-51(46)56(52(47)36-43)41-19-8-3-9-20-41)42-30-27-37(28-31-42)40-29-34-53-49(35-40)48-24-14-23-45(54(48)57-53)39-17-6-2-7-18-39/h1-36H. The predicted octanol–water partition coefficient (Wildman–Crippen LogP) is 15.2. The summed E-state index contributed by atoms with van der Waals surface area (Å²) in [6, 6.07) is 78.1. The average Bonchev–Trinajstić information content (AvgIpc) is 3.83. The van der Waals surface area contributed by atoms with Gasteiger partial charge >= 0.3 is 0 Å². The molecule has 0 aliphatic carbocycles. The fourth-order valence-corrected chi connectivity index (χ4v) is 8.54. The molecule has 0 aliphatic rings. The van der Waals surface area contributed by atoms with Gasteiger partial charge < -0.3 is 13.9 Å². The highest BCUT2D eigenvalue weighted by molar-refractivity contribution is 6.12. The van der Waals surface area contributed by atoms with E-state index < -0.39 is 0 Å². The Morgan fingerprint density at radius 2 is 0.947 bits per heavy atom. The zero-order valence-electron chi connectivity index (χ0n) is 31.1. The van der Waals surface area contributed by atoms with Crippen LogP contribution in [0.25, 0.3) is 82.8 Å². The molecule has 57 heavy (non-hydrogen) atoms. The summed E-state index contributed by atoms with van der Waals surface area (Å²) < 4.78 is 8.89. The number of rotatable bonds is 7. The summed E-state index contributed by atoms with van der Waals surface area (Å²) in [6.07, 6.45) is 0. The largest absolute Gasteiger partial charge is 0.455 e. The fourth-order valence-electron chi connectivity index (χ4n) is 8.54. The molecule has 0 unspecified atom stereocenters. The number of fused-ring (bicyclic) bond motifs is 6. The molecule has 2 aromatic heterocycles. The summed E-state index contributed by atoms with van der Waals surface area (Å²) in [5, 5.41) is 4.70. The first kappa shape index (κ1) is 32.8. The number of aromatic nitrogens is 1. The van der Waals surface area contributed by atoms with Crippen molar-refractivity contribution in [1.29, 1.82) is 0 Å². The molecular formula is C54H36N2O. The summed E-state index contributed by atoms with van der Waals surface area (Å²) in [4.78, 5) is 2.40. The van der Waals surface area contributed by atoms with E-state index in [0.29, 0.717) is 0 Å². The van der Waals surface area contributed by atoms with E-state index in [1.54, 1.807) is 0 Å². The number of nitrogens with zero attached hydrogens (tertiary/aromatic N) is 2. The van der Waals surface area contributed by atoms with Gasteiger partial charge in [0.25, 0.3) is 0 Å². The molecule has 0 fully saturated rings. The Morgan fingerprint density at radius 3 is 1.74 bits per heavy atom. The Hall–Kier alpha value is -7.62. The van der Waals surface area contributed by atoms with E-state index in [1.165, 1.54) is 21.9 Å². The van der Waals surface area contributed by atoms with Gasteiger partial charge in [-0.05, 0) is 82.9 Å². The molecule has 0 radical (unpaired) electrons. The van der Waals surface area contributed by atoms with Crippen LogP contribution in [0.2, 0.25) is 0 Å². The lowest BCUT2D eigenvalue weighted by Gasteiger charge is -2.28. The van der Waals surface area contributed by atoms with Crippen molar-refractivity contribution in [3.63, 3.8) is 0 Å². The van der Waals surface area contributed by atoms with Crippen LogP contribution in [0.1, 0.15) is 0 Å². The lowest BCUT2D eigenvalue weighted by atomic mass is 9.99. The molecule has 0 spiro atoms.